The third-order valence-corrected chi connectivity index (χ3v) is 5.55. The summed E-state index contributed by atoms with van der Waals surface area (Å²) in [7, 11) is 0. The van der Waals surface area contributed by atoms with Gasteiger partial charge in [-0.25, -0.2) is 9.59 Å². The van der Waals surface area contributed by atoms with Crippen LogP contribution in [-0.4, -0.2) is 23.3 Å². The highest BCUT2D eigenvalue weighted by molar-refractivity contribution is 5.89. The van der Waals surface area contributed by atoms with Gasteiger partial charge in [0.05, 0.1) is 17.3 Å². The predicted octanol–water partition coefficient (Wildman–Crippen LogP) is 5.98. The maximum Gasteiger partial charge on any atom is 0.416 e. The lowest BCUT2D eigenvalue weighted by atomic mass is 9.78. The zero-order valence-electron chi connectivity index (χ0n) is 20.2. The quantitative estimate of drug-likeness (QED) is 0.584. The van der Waals surface area contributed by atoms with Crippen LogP contribution in [0.5, 0.6) is 0 Å². The molecule has 0 radical (unpaired) electrons. The summed E-state index contributed by atoms with van der Waals surface area (Å²) < 4.78 is 68.9. The van der Waals surface area contributed by atoms with Crippen molar-refractivity contribution in [2.24, 2.45) is 5.92 Å². The van der Waals surface area contributed by atoms with Crippen LogP contribution < -0.4 is 10.2 Å². The van der Waals surface area contributed by atoms with Gasteiger partial charge in [0.1, 0.15) is 6.61 Å². The zero-order chi connectivity index (χ0) is 26.0. The molecule has 3 unspecified atom stereocenters. The summed E-state index contributed by atoms with van der Waals surface area (Å²) in [6.45, 7) is -1.00. The number of fused-ring (bicyclic) bond motifs is 1. The molecule has 32 heavy (non-hydrogen) atoms. The first-order valence-corrected chi connectivity index (χ1v) is 10.0. The van der Waals surface area contributed by atoms with Gasteiger partial charge >= 0.3 is 18.4 Å². The third-order valence-electron chi connectivity index (χ3n) is 5.55. The highest BCUT2D eigenvalue weighted by Gasteiger charge is 2.44. The third kappa shape index (κ3) is 4.81. The number of carboxylic acid groups (broad SMARTS) is 1. The highest BCUT2D eigenvalue weighted by Crippen LogP contribution is 2.45. The van der Waals surface area contributed by atoms with Gasteiger partial charge in [-0.15, -0.1) is 0 Å². The fraction of sp³-hybridized carbons (Fsp3) is 0.391. The van der Waals surface area contributed by atoms with E-state index in [-0.39, 0.29) is 24.3 Å². The van der Waals surface area contributed by atoms with E-state index >= 15 is 0 Å². The molecule has 6 nitrogen and oxygen atoms in total. The fourth-order valence-electron chi connectivity index (χ4n) is 4.08. The van der Waals surface area contributed by atoms with Crippen molar-refractivity contribution in [1.29, 1.82) is 0 Å². The molecule has 2 N–H and O–H groups in total. The van der Waals surface area contributed by atoms with Gasteiger partial charge in [0.15, 0.2) is 0 Å². The molecule has 0 aliphatic carbocycles. The number of amides is 2. The standard InChI is InChI=1S/C23H25F3N2O4/c1-3-16-18(4-2)28(22(30)31)19-11-10-15(23(24,25)26)12-17(19)20(16)27-21(29)32-13-14-8-6-5-7-9-14/h5-12,16,18,20H,3-4,13H2,1-2H3,(H,27,29)(H,30,31)/i1D3. The summed E-state index contributed by atoms with van der Waals surface area (Å²) in [4.78, 5) is 25.7. The Morgan fingerprint density at radius 2 is 1.91 bits per heavy atom. The topological polar surface area (TPSA) is 78.9 Å². The first-order chi connectivity index (χ1) is 16.3. The van der Waals surface area contributed by atoms with Gasteiger partial charge < -0.3 is 15.2 Å². The molecule has 1 aliphatic rings. The van der Waals surface area contributed by atoms with Gasteiger partial charge in [0.25, 0.3) is 0 Å². The number of hydrogen-bond donors (Lipinski definition) is 2. The van der Waals surface area contributed by atoms with E-state index in [1.54, 1.807) is 37.3 Å². The minimum absolute atomic E-state index is 0.0486. The van der Waals surface area contributed by atoms with E-state index in [0.29, 0.717) is 5.56 Å². The van der Waals surface area contributed by atoms with Gasteiger partial charge in [-0.1, -0.05) is 44.1 Å². The number of alkyl carbamates (subject to hydrolysis) is 1. The number of nitrogens with one attached hydrogen (secondary N) is 1. The Morgan fingerprint density at radius 1 is 1.19 bits per heavy atom. The van der Waals surface area contributed by atoms with Crippen molar-refractivity contribution in [1.82, 2.24) is 5.32 Å². The molecule has 9 heteroatoms. The SMILES string of the molecule is [2H]C([2H])([2H])CC1C(NC(=O)OCc2ccccc2)c2cc(C(F)(F)F)ccc2N(C(=O)O)C1CC. The van der Waals surface area contributed by atoms with Crippen molar-refractivity contribution in [2.75, 3.05) is 4.90 Å². The van der Waals surface area contributed by atoms with Crippen molar-refractivity contribution in [3.05, 3.63) is 65.2 Å². The molecule has 0 bridgehead atoms. The van der Waals surface area contributed by atoms with Crippen LogP contribution >= 0.6 is 0 Å². The van der Waals surface area contributed by atoms with Crippen LogP contribution in [0.4, 0.5) is 28.4 Å². The normalized spacial score (nSPS) is 22.2. The Labute approximate surface area is 188 Å². The smallest absolute Gasteiger partial charge is 0.416 e. The van der Waals surface area contributed by atoms with Crippen LogP contribution in [0.15, 0.2) is 48.5 Å². The van der Waals surface area contributed by atoms with E-state index in [0.717, 1.165) is 23.1 Å². The van der Waals surface area contributed by atoms with Crippen molar-refractivity contribution in [3.63, 3.8) is 0 Å². The van der Waals surface area contributed by atoms with E-state index in [9.17, 15) is 27.9 Å². The largest absolute Gasteiger partial charge is 0.465 e. The Hall–Kier alpha value is -3.23. The maximum atomic E-state index is 13.5. The molecule has 2 aromatic rings. The monoisotopic (exact) mass is 453 g/mol. The van der Waals surface area contributed by atoms with Crippen LogP contribution in [0.2, 0.25) is 0 Å². The van der Waals surface area contributed by atoms with Crippen LogP contribution in [0, 0.1) is 5.92 Å². The molecule has 1 heterocycles. The molecule has 1 aliphatic heterocycles. The molecule has 0 saturated carbocycles. The van der Waals surface area contributed by atoms with E-state index in [4.69, 9.17) is 8.85 Å². The number of benzene rings is 2. The Kier molecular flexibility index (Phi) is 5.78. The number of rotatable bonds is 5. The van der Waals surface area contributed by atoms with Gasteiger partial charge in [-0.05, 0) is 42.2 Å². The molecular weight excluding hydrogens is 425 g/mol. The lowest BCUT2D eigenvalue weighted by molar-refractivity contribution is -0.137. The average Bonchev–Trinajstić information content (AvgIpc) is 2.77. The number of anilines is 1. The second kappa shape index (κ2) is 9.50. The van der Waals surface area contributed by atoms with Crippen molar-refractivity contribution >= 4 is 17.9 Å². The minimum Gasteiger partial charge on any atom is -0.465 e. The van der Waals surface area contributed by atoms with Crippen molar-refractivity contribution in [2.45, 2.75) is 51.5 Å². The summed E-state index contributed by atoms with van der Waals surface area (Å²) in [5, 5.41) is 12.4. The lowest BCUT2D eigenvalue weighted by Gasteiger charge is -2.45. The average molecular weight is 453 g/mol. The molecule has 2 aromatic carbocycles. The summed E-state index contributed by atoms with van der Waals surface area (Å²) in [6.07, 6.45) is -7.49. The molecule has 0 saturated heterocycles. The molecule has 0 fully saturated rings. The maximum absolute atomic E-state index is 13.5. The molecule has 172 valence electrons. The second-order valence-corrected chi connectivity index (χ2v) is 7.45. The highest BCUT2D eigenvalue weighted by atomic mass is 19.4. The number of carbonyl (C=O) groups is 2. The minimum atomic E-state index is -4.73. The summed E-state index contributed by atoms with van der Waals surface area (Å²) >= 11 is 0. The number of carbonyl (C=O) groups excluding carboxylic acids is 1. The first-order valence-electron chi connectivity index (χ1n) is 11.5. The summed E-state index contributed by atoms with van der Waals surface area (Å²) in [5.41, 5.74) is -0.562. The van der Waals surface area contributed by atoms with E-state index in [2.05, 4.69) is 5.32 Å². The Morgan fingerprint density at radius 3 is 2.50 bits per heavy atom. The van der Waals surface area contributed by atoms with Crippen molar-refractivity contribution in [3.8, 4) is 0 Å². The zero-order valence-corrected chi connectivity index (χ0v) is 17.2. The Balaban J connectivity index is 2.05. The predicted molar refractivity (Wildman–Crippen MR) is 112 cm³/mol. The molecule has 0 spiro atoms. The molecule has 3 rings (SSSR count). The number of nitrogens with zero attached hydrogens (tertiary/aromatic N) is 1. The molecule has 3 atom stereocenters. The van der Waals surface area contributed by atoms with Crippen molar-refractivity contribution < 1.29 is 36.7 Å². The molecule has 2 amide bonds. The second-order valence-electron chi connectivity index (χ2n) is 7.45. The number of ether oxygens (including phenoxy) is 1. The van der Waals surface area contributed by atoms with Gasteiger partial charge in [-0.3, -0.25) is 4.90 Å². The Bertz CT molecular complexity index is 1060. The summed E-state index contributed by atoms with van der Waals surface area (Å²) in [5.74, 6) is -1.04. The van der Waals surface area contributed by atoms with Gasteiger partial charge in [0.2, 0.25) is 0 Å². The molecular formula is C23H25F3N2O4. The van der Waals surface area contributed by atoms with Crippen LogP contribution in [-0.2, 0) is 17.5 Å². The van der Waals surface area contributed by atoms with Crippen LogP contribution in [0.3, 0.4) is 0 Å². The molecule has 0 aromatic heterocycles. The number of alkyl halides is 3. The lowest BCUT2D eigenvalue weighted by Crippen LogP contribution is -2.52. The number of hydrogen-bond acceptors (Lipinski definition) is 3. The van der Waals surface area contributed by atoms with Gasteiger partial charge in [0, 0.05) is 16.1 Å². The van der Waals surface area contributed by atoms with Crippen LogP contribution in [0.1, 0.15) is 53.5 Å². The van der Waals surface area contributed by atoms with E-state index in [1.807, 2.05) is 0 Å². The number of halogens is 3. The van der Waals surface area contributed by atoms with E-state index < -0.39 is 55.2 Å². The van der Waals surface area contributed by atoms with Gasteiger partial charge in [-0.2, -0.15) is 13.2 Å². The fourth-order valence-corrected chi connectivity index (χ4v) is 4.08. The summed E-state index contributed by atoms with van der Waals surface area (Å²) in [6, 6.07) is 9.11. The van der Waals surface area contributed by atoms with Crippen LogP contribution in [0.25, 0.3) is 0 Å². The first kappa shape index (κ1) is 19.5. The van der Waals surface area contributed by atoms with E-state index in [1.165, 1.54) is 0 Å².